The molecule has 0 aromatic carbocycles. The summed E-state index contributed by atoms with van der Waals surface area (Å²) in [7, 11) is 0. The SMILES string of the molecule is C[C@@H](CC(=O)c1ncnc2c1CCC(=O)N2)c1ncc(C(=O)Cc2cc(C(C)(C)C)ncn2)s1. The molecule has 4 heterocycles. The van der Waals surface area contributed by atoms with E-state index >= 15 is 0 Å². The van der Waals surface area contributed by atoms with Crippen LogP contribution in [0, 0.1) is 0 Å². The molecule has 1 N–H and O–H groups in total. The van der Waals surface area contributed by atoms with Crippen LogP contribution >= 0.6 is 11.3 Å². The molecule has 0 saturated carbocycles. The second-order valence-electron chi connectivity index (χ2n) is 9.43. The van der Waals surface area contributed by atoms with Gasteiger partial charge in [-0.3, -0.25) is 14.4 Å². The maximum Gasteiger partial charge on any atom is 0.225 e. The second-order valence-corrected chi connectivity index (χ2v) is 10.5. The zero-order valence-electron chi connectivity index (χ0n) is 19.6. The van der Waals surface area contributed by atoms with Crippen molar-refractivity contribution < 1.29 is 14.4 Å². The number of Topliss-reactive ketones (excluding diaryl/α,β-unsaturated/α-hetero) is 2. The topological polar surface area (TPSA) is 128 Å². The molecular weight excluding hydrogens is 452 g/mol. The Balaban J connectivity index is 1.43. The van der Waals surface area contributed by atoms with Gasteiger partial charge in [0, 0.05) is 41.6 Å². The van der Waals surface area contributed by atoms with Gasteiger partial charge in [0.25, 0.3) is 0 Å². The standard InChI is InChI=1S/C24H26N6O3S/c1-13(7-17(32)21-15-5-6-20(33)30-22(15)29-12-28-21)23-25-10-18(34-23)16(31)8-14-9-19(24(2,3)4)27-11-26-14/h9-13H,5-8H2,1-4H3,(H,28,29,30,33)/t13-/m0/s1. The molecule has 34 heavy (non-hydrogen) atoms. The van der Waals surface area contributed by atoms with Crippen molar-refractivity contribution in [3.8, 4) is 0 Å². The number of anilines is 1. The largest absolute Gasteiger partial charge is 0.310 e. The maximum absolute atomic E-state index is 13.0. The molecule has 176 valence electrons. The first-order chi connectivity index (χ1) is 16.1. The van der Waals surface area contributed by atoms with Crippen molar-refractivity contribution in [2.75, 3.05) is 5.32 Å². The van der Waals surface area contributed by atoms with Crippen molar-refractivity contribution in [1.82, 2.24) is 24.9 Å². The summed E-state index contributed by atoms with van der Waals surface area (Å²) in [6.45, 7) is 8.09. The van der Waals surface area contributed by atoms with Crippen LogP contribution in [-0.2, 0) is 23.1 Å². The van der Waals surface area contributed by atoms with Crippen LogP contribution in [0.3, 0.4) is 0 Å². The molecule has 4 rings (SSSR count). The van der Waals surface area contributed by atoms with E-state index in [1.54, 1.807) is 6.20 Å². The van der Waals surface area contributed by atoms with Crippen molar-refractivity contribution >= 4 is 34.6 Å². The van der Waals surface area contributed by atoms with Gasteiger partial charge in [-0.1, -0.05) is 27.7 Å². The number of nitrogens with one attached hydrogen (secondary N) is 1. The van der Waals surface area contributed by atoms with Gasteiger partial charge in [-0.15, -0.1) is 11.3 Å². The molecule has 0 saturated heterocycles. The molecule has 0 bridgehead atoms. The van der Waals surface area contributed by atoms with E-state index in [2.05, 4.69) is 51.0 Å². The molecular formula is C24H26N6O3S. The number of carbonyl (C=O) groups excluding carboxylic acids is 3. The number of ketones is 2. The maximum atomic E-state index is 13.0. The van der Waals surface area contributed by atoms with Crippen LogP contribution in [0.1, 0.15) is 88.6 Å². The number of thiazole rings is 1. The number of rotatable bonds is 7. The van der Waals surface area contributed by atoms with Gasteiger partial charge in [-0.25, -0.2) is 24.9 Å². The predicted octanol–water partition coefficient (Wildman–Crippen LogP) is 3.71. The lowest BCUT2D eigenvalue weighted by molar-refractivity contribution is -0.116. The third-order valence-corrected chi connectivity index (χ3v) is 6.88. The zero-order chi connectivity index (χ0) is 24.5. The lowest BCUT2D eigenvalue weighted by Crippen LogP contribution is -2.23. The highest BCUT2D eigenvalue weighted by atomic mass is 32.1. The molecule has 3 aromatic rings. The van der Waals surface area contributed by atoms with E-state index in [4.69, 9.17) is 0 Å². The summed E-state index contributed by atoms with van der Waals surface area (Å²) < 4.78 is 0. The second kappa shape index (κ2) is 9.46. The monoisotopic (exact) mass is 478 g/mol. The Kier molecular flexibility index (Phi) is 6.60. The molecule has 0 spiro atoms. The highest BCUT2D eigenvalue weighted by Gasteiger charge is 2.26. The van der Waals surface area contributed by atoms with Gasteiger partial charge in [-0.05, 0) is 12.5 Å². The third kappa shape index (κ3) is 5.22. The molecule has 1 amide bonds. The van der Waals surface area contributed by atoms with Gasteiger partial charge in [0.05, 0.1) is 22.0 Å². The first kappa shape index (κ1) is 23.7. The minimum absolute atomic E-state index is 0.0681. The van der Waals surface area contributed by atoms with E-state index < -0.39 is 0 Å². The fourth-order valence-electron chi connectivity index (χ4n) is 3.69. The Morgan fingerprint density at radius 2 is 1.82 bits per heavy atom. The fraction of sp³-hybridized carbons (Fsp3) is 0.417. The minimum Gasteiger partial charge on any atom is -0.310 e. The molecule has 0 fully saturated rings. The summed E-state index contributed by atoms with van der Waals surface area (Å²) in [6, 6.07) is 1.87. The number of nitrogens with zero attached hydrogens (tertiary/aromatic N) is 5. The van der Waals surface area contributed by atoms with E-state index in [1.165, 1.54) is 24.0 Å². The van der Waals surface area contributed by atoms with Gasteiger partial charge in [0.2, 0.25) is 5.91 Å². The summed E-state index contributed by atoms with van der Waals surface area (Å²) in [5, 5.41) is 3.40. The Morgan fingerprint density at radius 1 is 1.06 bits per heavy atom. The molecule has 0 aliphatic carbocycles. The minimum atomic E-state index is -0.186. The molecule has 1 aliphatic rings. The van der Waals surface area contributed by atoms with Crippen LogP contribution in [-0.4, -0.2) is 42.4 Å². The molecule has 0 radical (unpaired) electrons. The molecule has 1 atom stereocenters. The molecule has 10 heteroatoms. The first-order valence-electron chi connectivity index (χ1n) is 11.1. The van der Waals surface area contributed by atoms with Crippen molar-refractivity contribution in [3.05, 3.63) is 57.4 Å². The average molecular weight is 479 g/mol. The quantitative estimate of drug-likeness (QED) is 0.509. The van der Waals surface area contributed by atoms with Crippen LogP contribution in [0.5, 0.6) is 0 Å². The smallest absolute Gasteiger partial charge is 0.225 e. The van der Waals surface area contributed by atoms with Gasteiger partial charge in [0.15, 0.2) is 11.6 Å². The highest BCUT2D eigenvalue weighted by molar-refractivity contribution is 7.13. The normalized spacial score (nSPS) is 14.3. The third-order valence-electron chi connectivity index (χ3n) is 5.61. The first-order valence-corrected chi connectivity index (χ1v) is 11.9. The van der Waals surface area contributed by atoms with E-state index in [0.717, 1.165) is 5.69 Å². The van der Waals surface area contributed by atoms with Crippen LogP contribution in [0.2, 0.25) is 0 Å². The lowest BCUT2D eigenvalue weighted by atomic mass is 9.91. The molecule has 9 nitrogen and oxygen atoms in total. The number of hydrogen-bond donors (Lipinski definition) is 1. The highest BCUT2D eigenvalue weighted by Crippen LogP contribution is 2.29. The zero-order valence-corrected chi connectivity index (χ0v) is 20.4. The summed E-state index contributed by atoms with van der Waals surface area (Å²) >= 11 is 1.30. The number of carbonyl (C=O) groups is 3. The van der Waals surface area contributed by atoms with Gasteiger partial charge in [-0.2, -0.15) is 0 Å². The lowest BCUT2D eigenvalue weighted by Gasteiger charge is -2.17. The van der Waals surface area contributed by atoms with Gasteiger partial charge in [0.1, 0.15) is 24.2 Å². The van der Waals surface area contributed by atoms with E-state index in [0.29, 0.717) is 45.5 Å². The molecule has 0 unspecified atom stereocenters. The number of amides is 1. The van der Waals surface area contributed by atoms with E-state index in [1.807, 2.05) is 13.0 Å². The summed E-state index contributed by atoms with van der Waals surface area (Å²) in [4.78, 5) is 59.1. The van der Waals surface area contributed by atoms with E-state index in [9.17, 15) is 14.4 Å². The van der Waals surface area contributed by atoms with Crippen LogP contribution in [0.15, 0.2) is 24.9 Å². The van der Waals surface area contributed by atoms with Crippen LogP contribution in [0.25, 0.3) is 0 Å². The van der Waals surface area contributed by atoms with Gasteiger partial charge < -0.3 is 5.32 Å². The summed E-state index contributed by atoms with van der Waals surface area (Å²) in [5.74, 6) is -0.102. The van der Waals surface area contributed by atoms with Crippen LogP contribution < -0.4 is 5.32 Å². The van der Waals surface area contributed by atoms with Crippen molar-refractivity contribution in [2.45, 2.75) is 64.7 Å². The summed E-state index contributed by atoms with van der Waals surface area (Å²) in [6.07, 6.45) is 5.45. The predicted molar refractivity (Wildman–Crippen MR) is 127 cm³/mol. The molecule has 3 aromatic heterocycles. The number of hydrogen-bond acceptors (Lipinski definition) is 9. The Hall–Kier alpha value is -3.40. The van der Waals surface area contributed by atoms with Gasteiger partial charge >= 0.3 is 0 Å². The average Bonchev–Trinajstić information content (AvgIpc) is 3.29. The Labute approximate surface area is 201 Å². The van der Waals surface area contributed by atoms with Crippen LogP contribution in [0.4, 0.5) is 5.82 Å². The van der Waals surface area contributed by atoms with E-state index in [-0.39, 0.29) is 41.6 Å². The molecule has 1 aliphatic heterocycles. The Morgan fingerprint density at radius 3 is 2.59 bits per heavy atom. The number of fused-ring (bicyclic) bond motifs is 1. The summed E-state index contributed by atoms with van der Waals surface area (Å²) in [5.41, 5.74) is 2.43. The van der Waals surface area contributed by atoms with Crippen molar-refractivity contribution in [2.24, 2.45) is 0 Å². The van der Waals surface area contributed by atoms with Crippen molar-refractivity contribution in [3.63, 3.8) is 0 Å². The van der Waals surface area contributed by atoms with Crippen molar-refractivity contribution in [1.29, 1.82) is 0 Å². The number of aromatic nitrogens is 5. The Bertz CT molecular complexity index is 1260. The fourth-order valence-corrected chi connectivity index (χ4v) is 4.60.